The van der Waals surface area contributed by atoms with Crippen molar-refractivity contribution < 1.29 is 14.7 Å². The third-order valence-electron chi connectivity index (χ3n) is 4.48. The van der Waals surface area contributed by atoms with Gasteiger partial charge in [-0.05, 0) is 50.5 Å². The molecule has 1 atom stereocenters. The Labute approximate surface area is 147 Å². The minimum Gasteiger partial charge on any atom is -0.481 e. The molecule has 0 fully saturated rings. The minimum absolute atomic E-state index is 0.271. The van der Waals surface area contributed by atoms with Crippen molar-refractivity contribution in [1.29, 1.82) is 0 Å². The van der Waals surface area contributed by atoms with Crippen LogP contribution in [0.3, 0.4) is 0 Å². The topological polar surface area (TPSA) is 84.2 Å². The first kappa shape index (κ1) is 18.7. The molecule has 1 aromatic carbocycles. The summed E-state index contributed by atoms with van der Waals surface area (Å²) >= 11 is 0. The maximum absolute atomic E-state index is 12.4. The number of anilines is 1. The number of carbonyl (C=O) groups is 2. The van der Waals surface area contributed by atoms with Gasteiger partial charge in [-0.3, -0.25) is 14.3 Å². The van der Waals surface area contributed by atoms with Gasteiger partial charge < -0.3 is 10.4 Å². The highest BCUT2D eigenvalue weighted by Crippen LogP contribution is 2.20. The molecule has 6 heteroatoms. The van der Waals surface area contributed by atoms with Gasteiger partial charge in [0.2, 0.25) is 0 Å². The lowest BCUT2D eigenvalue weighted by Crippen LogP contribution is -2.15. The maximum atomic E-state index is 12.4. The molecule has 0 aliphatic heterocycles. The van der Waals surface area contributed by atoms with E-state index < -0.39 is 11.9 Å². The Kier molecular flexibility index (Phi) is 5.96. The van der Waals surface area contributed by atoms with Crippen LogP contribution in [0.15, 0.2) is 30.3 Å². The molecular formula is C19H25N3O3. The van der Waals surface area contributed by atoms with Gasteiger partial charge >= 0.3 is 5.97 Å². The zero-order valence-corrected chi connectivity index (χ0v) is 15.1. The monoisotopic (exact) mass is 343 g/mol. The molecule has 2 rings (SSSR count). The predicted molar refractivity (Wildman–Crippen MR) is 97.0 cm³/mol. The summed E-state index contributed by atoms with van der Waals surface area (Å²) in [7, 11) is 0. The van der Waals surface area contributed by atoms with Gasteiger partial charge in [0, 0.05) is 11.4 Å². The standard InChI is InChI=1S/C19H25N3O3/c1-5-16(6-2)22-12(3)11-17(21-22)18(23)20-15-9-7-14(8-10-15)13(4)19(24)25/h7-11,13,16H,5-6H2,1-4H3,(H,20,23)(H,24,25). The summed E-state index contributed by atoms with van der Waals surface area (Å²) in [6.45, 7) is 7.79. The van der Waals surface area contributed by atoms with Crippen LogP contribution in [-0.4, -0.2) is 26.8 Å². The number of benzene rings is 1. The number of carboxylic acids is 1. The van der Waals surface area contributed by atoms with Gasteiger partial charge in [0.25, 0.3) is 5.91 Å². The lowest BCUT2D eigenvalue weighted by molar-refractivity contribution is -0.138. The van der Waals surface area contributed by atoms with Gasteiger partial charge in [-0.25, -0.2) is 0 Å². The molecule has 2 N–H and O–H groups in total. The van der Waals surface area contributed by atoms with Gasteiger partial charge in [0.05, 0.1) is 12.0 Å². The summed E-state index contributed by atoms with van der Waals surface area (Å²) in [6.07, 6.45) is 1.92. The Balaban J connectivity index is 2.12. The zero-order chi connectivity index (χ0) is 18.6. The van der Waals surface area contributed by atoms with E-state index in [-0.39, 0.29) is 5.91 Å². The number of aromatic nitrogens is 2. The molecule has 0 saturated carbocycles. The fraction of sp³-hybridized carbons (Fsp3) is 0.421. The molecule has 1 unspecified atom stereocenters. The van der Waals surface area contributed by atoms with Crippen LogP contribution >= 0.6 is 0 Å². The quantitative estimate of drug-likeness (QED) is 0.796. The molecule has 1 amide bonds. The Morgan fingerprint density at radius 1 is 1.20 bits per heavy atom. The van der Waals surface area contributed by atoms with Crippen LogP contribution < -0.4 is 5.32 Å². The predicted octanol–water partition coefficient (Wildman–Crippen LogP) is 3.99. The average Bonchev–Trinajstić information content (AvgIpc) is 2.98. The van der Waals surface area contributed by atoms with E-state index in [0.717, 1.165) is 18.5 Å². The number of nitrogens with zero attached hydrogens (tertiary/aromatic N) is 2. The van der Waals surface area contributed by atoms with Crippen molar-refractivity contribution in [2.24, 2.45) is 0 Å². The molecule has 0 bridgehead atoms. The van der Waals surface area contributed by atoms with Crippen LogP contribution in [0.4, 0.5) is 5.69 Å². The number of nitrogens with one attached hydrogen (secondary N) is 1. The summed E-state index contributed by atoms with van der Waals surface area (Å²) in [5.74, 6) is -1.73. The van der Waals surface area contributed by atoms with Crippen molar-refractivity contribution >= 4 is 17.6 Å². The molecule has 1 aromatic heterocycles. The van der Waals surface area contributed by atoms with Gasteiger partial charge in [0.15, 0.2) is 5.69 Å². The first-order chi connectivity index (χ1) is 11.9. The number of carbonyl (C=O) groups excluding carboxylic acids is 1. The Hall–Kier alpha value is -2.63. The second-order valence-electron chi connectivity index (χ2n) is 6.22. The summed E-state index contributed by atoms with van der Waals surface area (Å²) in [4.78, 5) is 23.4. The SMILES string of the molecule is CCC(CC)n1nc(C(=O)Nc2ccc(C(C)C(=O)O)cc2)cc1C. The van der Waals surface area contributed by atoms with Crippen molar-refractivity contribution in [3.05, 3.63) is 47.3 Å². The lowest BCUT2D eigenvalue weighted by atomic mass is 10.0. The number of aliphatic carboxylic acids is 1. The van der Waals surface area contributed by atoms with Crippen molar-refractivity contribution in [2.45, 2.75) is 52.5 Å². The van der Waals surface area contributed by atoms with Crippen LogP contribution in [0.1, 0.15) is 67.3 Å². The van der Waals surface area contributed by atoms with E-state index in [4.69, 9.17) is 5.11 Å². The second kappa shape index (κ2) is 7.96. The highest BCUT2D eigenvalue weighted by atomic mass is 16.4. The smallest absolute Gasteiger partial charge is 0.310 e. The number of hydrogen-bond acceptors (Lipinski definition) is 3. The highest BCUT2D eigenvalue weighted by Gasteiger charge is 2.17. The first-order valence-corrected chi connectivity index (χ1v) is 8.57. The van der Waals surface area contributed by atoms with Crippen LogP contribution in [0.25, 0.3) is 0 Å². The first-order valence-electron chi connectivity index (χ1n) is 8.57. The third-order valence-corrected chi connectivity index (χ3v) is 4.48. The number of amides is 1. The molecule has 0 spiro atoms. The van der Waals surface area contributed by atoms with Crippen LogP contribution in [0, 0.1) is 6.92 Å². The summed E-state index contributed by atoms with van der Waals surface area (Å²) in [5, 5.41) is 16.3. The molecule has 1 heterocycles. The van der Waals surface area contributed by atoms with Crippen molar-refractivity contribution in [3.8, 4) is 0 Å². The Morgan fingerprint density at radius 3 is 2.32 bits per heavy atom. The zero-order valence-electron chi connectivity index (χ0n) is 15.1. The maximum Gasteiger partial charge on any atom is 0.310 e. The van der Waals surface area contributed by atoms with Crippen molar-refractivity contribution in [2.75, 3.05) is 5.32 Å². The summed E-state index contributed by atoms with van der Waals surface area (Å²) in [6, 6.07) is 8.91. The molecule has 0 saturated heterocycles. The molecule has 0 aliphatic carbocycles. The Bertz CT molecular complexity index is 746. The van der Waals surface area contributed by atoms with E-state index in [1.54, 1.807) is 37.3 Å². The second-order valence-corrected chi connectivity index (χ2v) is 6.22. The van der Waals surface area contributed by atoms with Crippen LogP contribution in [0.5, 0.6) is 0 Å². The Morgan fingerprint density at radius 2 is 1.80 bits per heavy atom. The van der Waals surface area contributed by atoms with E-state index in [0.29, 0.717) is 23.0 Å². The van der Waals surface area contributed by atoms with Crippen LogP contribution in [0.2, 0.25) is 0 Å². The highest BCUT2D eigenvalue weighted by molar-refractivity contribution is 6.02. The van der Waals surface area contributed by atoms with Gasteiger partial charge in [-0.15, -0.1) is 0 Å². The van der Waals surface area contributed by atoms with Gasteiger partial charge in [-0.1, -0.05) is 26.0 Å². The van der Waals surface area contributed by atoms with Crippen molar-refractivity contribution in [3.63, 3.8) is 0 Å². The molecule has 6 nitrogen and oxygen atoms in total. The van der Waals surface area contributed by atoms with E-state index in [1.807, 2.05) is 11.6 Å². The molecule has 25 heavy (non-hydrogen) atoms. The number of hydrogen-bond donors (Lipinski definition) is 2. The minimum atomic E-state index is -0.876. The van der Waals surface area contributed by atoms with E-state index >= 15 is 0 Å². The van der Waals surface area contributed by atoms with Crippen LogP contribution in [-0.2, 0) is 4.79 Å². The van der Waals surface area contributed by atoms with E-state index in [1.165, 1.54) is 0 Å². The normalized spacial score (nSPS) is 12.2. The third kappa shape index (κ3) is 4.26. The largest absolute Gasteiger partial charge is 0.481 e. The van der Waals surface area contributed by atoms with Crippen molar-refractivity contribution in [1.82, 2.24) is 9.78 Å². The number of rotatable bonds is 7. The fourth-order valence-corrected chi connectivity index (χ4v) is 2.80. The molecule has 0 radical (unpaired) electrons. The fourth-order valence-electron chi connectivity index (χ4n) is 2.80. The van der Waals surface area contributed by atoms with E-state index in [9.17, 15) is 9.59 Å². The van der Waals surface area contributed by atoms with E-state index in [2.05, 4.69) is 24.3 Å². The summed E-state index contributed by atoms with van der Waals surface area (Å²) in [5.41, 5.74) is 2.65. The molecule has 0 aliphatic rings. The number of aryl methyl sites for hydroxylation is 1. The average molecular weight is 343 g/mol. The lowest BCUT2D eigenvalue weighted by Gasteiger charge is -2.14. The molecule has 2 aromatic rings. The van der Waals surface area contributed by atoms with Gasteiger partial charge in [0.1, 0.15) is 0 Å². The molecular weight excluding hydrogens is 318 g/mol. The number of carboxylic acid groups (broad SMARTS) is 1. The molecule has 134 valence electrons. The van der Waals surface area contributed by atoms with Gasteiger partial charge in [-0.2, -0.15) is 5.10 Å². The summed E-state index contributed by atoms with van der Waals surface area (Å²) < 4.78 is 1.91.